The summed E-state index contributed by atoms with van der Waals surface area (Å²) in [5, 5.41) is 4.46. The van der Waals surface area contributed by atoms with Crippen molar-refractivity contribution in [2.45, 2.75) is 41.7 Å². The van der Waals surface area contributed by atoms with Crippen LogP contribution in [0, 0.1) is 11.3 Å². The summed E-state index contributed by atoms with van der Waals surface area (Å²) in [5.41, 5.74) is 0.723. The number of hydrogen-bond donors (Lipinski definition) is 1. The van der Waals surface area contributed by atoms with Crippen LogP contribution in [0.3, 0.4) is 0 Å². The molecule has 102 valence electrons. The van der Waals surface area contributed by atoms with Gasteiger partial charge in [-0.15, -0.1) is 11.3 Å². The topological polar surface area (TPSA) is 63.2 Å². The fourth-order valence-corrected chi connectivity index (χ4v) is 6.31. The van der Waals surface area contributed by atoms with Crippen LogP contribution in [0.15, 0.2) is 15.7 Å². The Kier molecular flexibility index (Phi) is 2.14. The van der Waals surface area contributed by atoms with Gasteiger partial charge < -0.3 is 5.32 Å². The number of sulfone groups is 1. The highest BCUT2D eigenvalue weighted by Crippen LogP contribution is 2.75. The minimum atomic E-state index is -3.19. The van der Waals surface area contributed by atoms with Crippen molar-refractivity contribution in [1.29, 1.82) is 0 Å². The van der Waals surface area contributed by atoms with Crippen LogP contribution >= 0.6 is 11.3 Å². The highest BCUT2D eigenvalue weighted by Gasteiger charge is 2.74. The molecule has 0 unspecified atom stereocenters. The first-order chi connectivity index (χ1) is 8.95. The first-order valence-electron chi connectivity index (χ1n) is 6.57. The van der Waals surface area contributed by atoms with Gasteiger partial charge >= 0.3 is 0 Å². The second kappa shape index (κ2) is 3.41. The summed E-state index contributed by atoms with van der Waals surface area (Å²) in [4.78, 5) is 12.2. The molecule has 0 radical (unpaired) electrons. The largest absolute Gasteiger partial charge is 0.349 e. The van der Waals surface area contributed by atoms with E-state index in [0.29, 0.717) is 16.5 Å². The molecule has 2 saturated carbocycles. The lowest BCUT2D eigenvalue weighted by atomic mass is 10.0. The zero-order valence-electron chi connectivity index (χ0n) is 10.5. The molecule has 2 atom stereocenters. The van der Waals surface area contributed by atoms with E-state index in [1.165, 1.54) is 11.3 Å². The predicted octanol–water partition coefficient (Wildman–Crippen LogP) is 1.88. The maximum Gasteiger partial charge on any atom is 0.227 e. The summed E-state index contributed by atoms with van der Waals surface area (Å²) < 4.78 is 24.9. The fraction of sp³-hybridized carbons (Fsp3) is 0.615. The predicted molar refractivity (Wildman–Crippen MR) is 71.6 cm³/mol. The second-order valence-corrected chi connectivity index (χ2v) is 9.52. The Morgan fingerprint density at radius 1 is 1.47 bits per heavy atom. The third-order valence-corrected chi connectivity index (χ3v) is 8.54. The molecule has 0 bridgehead atoms. The summed E-state index contributed by atoms with van der Waals surface area (Å²) in [7, 11) is -3.19. The van der Waals surface area contributed by atoms with Gasteiger partial charge in [0, 0.05) is 5.56 Å². The zero-order chi connectivity index (χ0) is 13.4. The van der Waals surface area contributed by atoms with Crippen LogP contribution in [0.2, 0.25) is 0 Å². The summed E-state index contributed by atoms with van der Waals surface area (Å²) in [5.74, 6) is 0.741. The Balaban J connectivity index is 1.65. The molecular formula is C13H15NO3S2. The molecule has 0 aromatic carbocycles. The number of fused-ring (bicyclic) bond motifs is 2. The Labute approximate surface area is 116 Å². The van der Waals surface area contributed by atoms with Gasteiger partial charge in [0.2, 0.25) is 5.91 Å². The van der Waals surface area contributed by atoms with Crippen molar-refractivity contribution in [3.05, 3.63) is 17.0 Å². The number of rotatable bonds is 2. The van der Waals surface area contributed by atoms with Gasteiger partial charge in [-0.1, -0.05) is 0 Å². The highest BCUT2D eigenvalue weighted by atomic mass is 32.2. The number of carbonyl (C=O) groups is 1. The smallest absolute Gasteiger partial charge is 0.227 e. The zero-order valence-corrected chi connectivity index (χ0v) is 12.2. The molecule has 0 saturated heterocycles. The van der Waals surface area contributed by atoms with Crippen LogP contribution in [0.1, 0.15) is 37.8 Å². The second-order valence-electron chi connectivity index (χ2n) is 6.04. The molecule has 2 heterocycles. The minimum absolute atomic E-state index is 0.0598. The lowest BCUT2D eigenvalue weighted by Gasteiger charge is -2.28. The SMILES string of the molecule is C[C@H]1C[C@H](NC(=O)C23CC2C3)c2ccsc2S1(=O)=O. The maximum atomic E-state index is 12.2. The van der Waals surface area contributed by atoms with Gasteiger partial charge in [-0.3, -0.25) is 4.79 Å². The molecule has 1 N–H and O–H groups in total. The van der Waals surface area contributed by atoms with E-state index in [1.54, 1.807) is 12.3 Å². The molecule has 1 amide bonds. The van der Waals surface area contributed by atoms with Crippen LogP contribution in [-0.4, -0.2) is 19.6 Å². The minimum Gasteiger partial charge on any atom is -0.349 e. The molecule has 2 fully saturated rings. The van der Waals surface area contributed by atoms with E-state index < -0.39 is 15.1 Å². The van der Waals surface area contributed by atoms with E-state index in [2.05, 4.69) is 5.32 Å². The number of carbonyl (C=O) groups excluding carboxylic acids is 1. The van der Waals surface area contributed by atoms with E-state index in [9.17, 15) is 13.2 Å². The third kappa shape index (κ3) is 1.50. The van der Waals surface area contributed by atoms with E-state index in [-0.39, 0.29) is 17.4 Å². The number of nitrogens with one attached hydrogen (secondary N) is 1. The first kappa shape index (κ1) is 11.9. The van der Waals surface area contributed by atoms with Gasteiger partial charge in [0.1, 0.15) is 4.21 Å². The van der Waals surface area contributed by atoms with Gasteiger partial charge in [-0.05, 0) is 43.6 Å². The number of thiophene rings is 1. The normalized spacial score (nSPS) is 41.0. The Morgan fingerprint density at radius 2 is 2.16 bits per heavy atom. The molecule has 4 nitrogen and oxygen atoms in total. The molecule has 1 aromatic rings. The van der Waals surface area contributed by atoms with Gasteiger partial charge in [0.25, 0.3) is 0 Å². The van der Waals surface area contributed by atoms with Crippen LogP contribution in [0.25, 0.3) is 0 Å². The van der Waals surface area contributed by atoms with E-state index in [4.69, 9.17) is 0 Å². The van der Waals surface area contributed by atoms with Crippen LogP contribution < -0.4 is 5.32 Å². The fourth-order valence-electron chi connectivity index (χ4n) is 3.07. The molecule has 4 rings (SSSR count). The van der Waals surface area contributed by atoms with E-state index in [0.717, 1.165) is 18.4 Å². The van der Waals surface area contributed by atoms with Crippen molar-refractivity contribution in [3.8, 4) is 0 Å². The Bertz CT molecular complexity index is 670. The summed E-state index contributed by atoms with van der Waals surface area (Å²) >= 11 is 1.26. The monoisotopic (exact) mass is 297 g/mol. The molecule has 6 heteroatoms. The van der Waals surface area contributed by atoms with Gasteiger partial charge in [-0.25, -0.2) is 8.42 Å². The summed E-state index contributed by atoms with van der Waals surface area (Å²) in [6.07, 6.45) is 2.53. The van der Waals surface area contributed by atoms with E-state index in [1.807, 2.05) is 6.07 Å². The van der Waals surface area contributed by atoms with Crippen molar-refractivity contribution in [2.75, 3.05) is 0 Å². The molecule has 2 aliphatic carbocycles. The van der Waals surface area contributed by atoms with Crippen LogP contribution in [-0.2, 0) is 14.6 Å². The molecule has 19 heavy (non-hydrogen) atoms. The Hall–Kier alpha value is -0.880. The molecule has 0 spiro atoms. The third-order valence-electron chi connectivity index (χ3n) is 4.83. The molecule has 3 aliphatic rings. The maximum absolute atomic E-state index is 12.2. The van der Waals surface area contributed by atoms with Crippen molar-refractivity contribution in [3.63, 3.8) is 0 Å². The van der Waals surface area contributed by atoms with Crippen molar-refractivity contribution >= 4 is 27.1 Å². The van der Waals surface area contributed by atoms with Crippen LogP contribution in [0.4, 0.5) is 0 Å². The van der Waals surface area contributed by atoms with Crippen molar-refractivity contribution in [2.24, 2.45) is 11.3 Å². The van der Waals surface area contributed by atoms with Gasteiger partial charge in [0.05, 0.1) is 16.7 Å². The van der Waals surface area contributed by atoms with Crippen molar-refractivity contribution < 1.29 is 13.2 Å². The molecule has 1 aliphatic heterocycles. The molecular weight excluding hydrogens is 282 g/mol. The van der Waals surface area contributed by atoms with E-state index >= 15 is 0 Å². The van der Waals surface area contributed by atoms with Gasteiger partial charge in [-0.2, -0.15) is 0 Å². The average Bonchev–Trinajstić information content (AvgIpc) is 3.12. The van der Waals surface area contributed by atoms with Crippen LogP contribution in [0.5, 0.6) is 0 Å². The quantitative estimate of drug-likeness (QED) is 0.906. The molecule has 1 aromatic heterocycles. The summed E-state index contributed by atoms with van der Waals surface area (Å²) in [6, 6.07) is 1.70. The first-order valence-corrected chi connectivity index (χ1v) is 9.00. The lowest BCUT2D eigenvalue weighted by Crippen LogP contribution is -2.38. The highest BCUT2D eigenvalue weighted by molar-refractivity contribution is 7.94. The van der Waals surface area contributed by atoms with Gasteiger partial charge in [0.15, 0.2) is 9.84 Å². The lowest BCUT2D eigenvalue weighted by molar-refractivity contribution is -0.125. The average molecular weight is 297 g/mol. The standard InChI is InChI=1S/C13H15NO3S2/c1-7-4-10(14-12(15)13-5-8(13)6-13)9-2-3-18-11(9)19(7,16)17/h2-3,7-8,10H,4-6H2,1H3,(H,14,15)/t7-,8?,10-,13?/m0/s1. The Morgan fingerprint density at radius 3 is 2.79 bits per heavy atom. The summed E-state index contributed by atoms with van der Waals surface area (Å²) in [6.45, 7) is 1.73. The number of amides is 1. The van der Waals surface area contributed by atoms with Crippen molar-refractivity contribution in [1.82, 2.24) is 5.32 Å². The number of hydrogen-bond acceptors (Lipinski definition) is 4.